The number of amides is 1. The van der Waals surface area contributed by atoms with Crippen LogP contribution in [-0.4, -0.2) is 38.6 Å². The van der Waals surface area contributed by atoms with Crippen molar-refractivity contribution in [2.45, 2.75) is 44.4 Å². The molecule has 0 aromatic carbocycles. The molecule has 0 unspecified atom stereocenters. The zero-order valence-electron chi connectivity index (χ0n) is 13.2. The number of fused-ring (bicyclic) bond motifs is 1. The maximum absolute atomic E-state index is 12.9. The van der Waals surface area contributed by atoms with Crippen LogP contribution in [0.4, 0.5) is 0 Å². The zero-order valence-corrected chi connectivity index (χ0v) is 14.8. The van der Waals surface area contributed by atoms with Gasteiger partial charge in [-0.15, -0.1) is 0 Å². The lowest BCUT2D eigenvalue weighted by atomic mass is 10.0. The molecule has 0 spiro atoms. The predicted octanol–water partition coefficient (Wildman–Crippen LogP) is 2.67. The lowest BCUT2D eigenvalue weighted by Gasteiger charge is -2.21. The Hall–Kier alpha value is -1.47. The molecule has 7 heteroatoms. The van der Waals surface area contributed by atoms with Gasteiger partial charge in [-0.2, -0.15) is 5.10 Å². The van der Waals surface area contributed by atoms with Crippen LogP contribution in [0.2, 0.25) is 0 Å². The molecule has 6 nitrogen and oxygen atoms in total. The molecule has 2 aromatic rings. The molecule has 0 bridgehead atoms. The van der Waals surface area contributed by atoms with Gasteiger partial charge >= 0.3 is 0 Å². The smallest absolute Gasteiger partial charge is 0.273 e. The van der Waals surface area contributed by atoms with Crippen molar-refractivity contribution in [1.82, 2.24) is 25.0 Å². The molecule has 1 N–H and O–H groups in total. The van der Waals surface area contributed by atoms with E-state index in [1.807, 2.05) is 16.6 Å². The van der Waals surface area contributed by atoms with Gasteiger partial charge in [-0.25, -0.2) is 14.9 Å². The highest BCUT2D eigenvalue weighted by Gasteiger charge is 2.42. The van der Waals surface area contributed by atoms with Gasteiger partial charge in [-0.1, -0.05) is 13.3 Å². The minimum Gasteiger partial charge on any atom is -0.273 e. The highest BCUT2D eigenvalue weighted by atomic mass is 79.9. The summed E-state index contributed by atoms with van der Waals surface area (Å²) >= 11 is 3.41. The number of hydrogen-bond donors (Lipinski definition) is 1. The predicted molar refractivity (Wildman–Crippen MR) is 90.2 cm³/mol. The van der Waals surface area contributed by atoms with Crippen LogP contribution in [0.1, 0.15) is 55.2 Å². The van der Waals surface area contributed by atoms with Crippen molar-refractivity contribution < 1.29 is 4.79 Å². The van der Waals surface area contributed by atoms with E-state index in [2.05, 4.69) is 38.4 Å². The molecule has 1 saturated heterocycles. The number of nitrogens with one attached hydrogen (secondary N) is 1. The van der Waals surface area contributed by atoms with Crippen molar-refractivity contribution in [2.24, 2.45) is 0 Å². The summed E-state index contributed by atoms with van der Waals surface area (Å²) in [4.78, 5) is 17.4. The van der Waals surface area contributed by atoms with E-state index in [0.717, 1.165) is 61.1 Å². The number of hydrazine groups is 1. The van der Waals surface area contributed by atoms with Gasteiger partial charge in [-0.05, 0) is 47.7 Å². The van der Waals surface area contributed by atoms with E-state index in [-0.39, 0.29) is 11.3 Å². The van der Waals surface area contributed by atoms with E-state index < -0.39 is 0 Å². The summed E-state index contributed by atoms with van der Waals surface area (Å²) in [5, 5.41) is 6.20. The van der Waals surface area contributed by atoms with Gasteiger partial charge in [0.2, 0.25) is 0 Å². The number of nitrogens with zero attached hydrogens (tertiary/aromatic N) is 4. The topological polar surface area (TPSA) is 62.5 Å². The van der Waals surface area contributed by atoms with Gasteiger partial charge in [0.05, 0.1) is 5.69 Å². The van der Waals surface area contributed by atoms with Gasteiger partial charge in [0.15, 0.2) is 5.65 Å². The minimum absolute atomic E-state index is 0.0442. The normalized spacial score (nSPS) is 20.5. The third kappa shape index (κ3) is 2.76. The summed E-state index contributed by atoms with van der Waals surface area (Å²) in [6, 6.07) is 3.79. The fourth-order valence-electron chi connectivity index (χ4n) is 3.11. The molecule has 3 heterocycles. The average Bonchev–Trinajstić information content (AvgIpc) is 3.24. The number of halogens is 1. The second kappa shape index (κ2) is 5.56. The Balaban J connectivity index is 1.76. The molecule has 2 aromatic heterocycles. The summed E-state index contributed by atoms with van der Waals surface area (Å²) in [5.41, 5.74) is 5.62. The largest absolute Gasteiger partial charge is 0.286 e. The molecule has 122 valence electrons. The van der Waals surface area contributed by atoms with Crippen molar-refractivity contribution in [3.05, 3.63) is 28.1 Å². The first-order valence-corrected chi connectivity index (χ1v) is 8.98. The van der Waals surface area contributed by atoms with E-state index in [0.29, 0.717) is 5.69 Å². The van der Waals surface area contributed by atoms with Gasteiger partial charge in [0.25, 0.3) is 5.91 Å². The molecule has 1 aliphatic carbocycles. The van der Waals surface area contributed by atoms with Crippen LogP contribution in [0.5, 0.6) is 0 Å². The molecular formula is C16H20BrN5O. The second-order valence-corrected chi connectivity index (χ2v) is 7.56. The summed E-state index contributed by atoms with van der Waals surface area (Å²) in [7, 11) is 0. The third-order valence-electron chi connectivity index (χ3n) is 4.84. The number of hydrogen-bond acceptors (Lipinski definition) is 4. The van der Waals surface area contributed by atoms with Crippen LogP contribution in [0.3, 0.4) is 0 Å². The molecule has 1 aliphatic heterocycles. The molecule has 0 atom stereocenters. The summed E-state index contributed by atoms with van der Waals surface area (Å²) in [6.07, 6.45) is 5.54. The quantitative estimate of drug-likeness (QED) is 0.873. The van der Waals surface area contributed by atoms with Gasteiger partial charge in [0, 0.05) is 24.6 Å². The molecule has 1 saturated carbocycles. The molecule has 1 amide bonds. The van der Waals surface area contributed by atoms with Crippen LogP contribution in [-0.2, 0) is 5.41 Å². The first-order chi connectivity index (χ1) is 11.1. The molecular weight excluding hydrogens is 358 g/mol. The number of carbonyl (C=O) groups is 1. The van der Waals surface area contributed by atoms with Crippen molar-refractivity contribution in [2.75, 3.05) is 13.1 Å². The Morgan fingerprint density at radius 1 is 1.30 bits per heavy atom. The Labute approximate surface area is 143 Å². The second-order valence-electron chi connectivity index (χ2n) is 6.75. The third-order valence-corrected chi connectivity index (χ3v) is 5.23. The monoisotopic (exact) mass is 377 g/mol. The van der Waals surface area contributed by atoms with Crippen LogP contribution in [0, 0.1) is 0 Å². The molecule has 0 radical (unpaired) electrons. The van der Waals surface area contributed by atoms with E-state index in [9.17, 15) is 4.79 Å². The Bertz CT molecular complexity index is 759. The SMILES string of the molecule is CC1(c2cc(C(=O)N3CCCCCN3)nc3cc(Br)nn23)CC1. The first-order valence-electron chi connectivity index (χ1n) is 8.19. The van der Waals surface area contributed by atoms with Crippen LogP contribution in [0.15, 0.2) is 16.7 Å². The van der Waals surface area contributed by atoms with Crippen molar-refractivity contribution in [3.8, 4) is 0 Å². The van der Waals surface area contributed by atoms with E-state index >= 15 is 0 Å². The Kier molecular flexibility index (Phi) is 3.65. The van der Waals surface area contributed by atoms with Crippen molar-refractivity contribution in [3.63, 3.8) is 0 Å². The molecule has 23 heavy (non-hydrogen) atoms. The number of aromatic nitrogens is 3. The van der Waals surface area contributed by atoms with Crippen LogP contribution >= 0.6 is 15.9 Å². The maximum atomic E-state index is 12.9. The van der Waals surface area contributed by atoms with E-state index in [1.54, 1.807) is 5.01 Å². The van der Waals surface area contributed by atoms with Gasteiger partial charge in [0.1, 0.15) is 10.3 Å². The lowest BCUT2D eigenvalue weighted by Crippen LogP contribution is -2.43. The zero-order chi connectivity index (χ0) is 16.0. The molecule has 4 rings (SSSR count). The van der Waals surface area contributed by atoms with Crippen molar-refractivity contribution in [1.29, 1.82) is 0 Å². The van der Waals surface area contributed by atoms with Gasteiger partial charge in [-0.3, -0.25) is 9.80 Å². The van der Waals surface area contributed by atoms with E-state index in [4.69, 9.17) is 0 Å². The molecule has 2 aliphatic rings. The minimum atomic E-state index is -0.0442. The fraction of sp³-hybridized carbons (Fsp3) is 0.562. The maximum Gasteiger partial charge on any atom is 0.286 e. The van der Waals surface area contributed by atoms with Gasteiger partial charge < -0.3 is 0 Å². The molecule has 2 fully saturated rings. The highest BCUT2D eigenvalue weighted by Crippen LogP contribution is 2.47. The summed E-state index contributed by atoms with van der Waals surface area (Å²) in [5.74, 6) is -0.0442. The number of rotatable bonds is 2. The highest BCUT2D eigenvalue weighted by molar-refractivity contribution is 9.10. The first kappa shape index (κ1) is 15.1. The summed E-state index contributed by atoms with van der Waals surface area (Å²) < 4.78 is 2.61. The van der Waals surface area contributed by atoms with Crippen LogP contribution in [0.25, 0.3) is 5.65 Å². The lowest BCUT2D eigenvalue weighted by molar-refractivity contribution is 0.0667. The van der Waals surface area contributed by atoms with Crippen LogP contribution < -0.4 is 5.43 Å². The Morgan fingerprint density at radius 2 is 2.13 bits per heavy atom. The standard InChI is InChI=1S/C16H20BrN5O/c1-16(5-6-16)12-9-11(19-14-10-13(17)20-22(12)14)15(23)21-8-4-2-3-7-18-21/h9-10,18H,2-8H2,1H3. The summed E-state index contributed by atoms with van der Waals surface area (Å²) in [6.45, 7) is 3.80. The Morgan fingerprint density at radius 3 is 2.91 bits per heavy atom. The fourth-order valence-corrected chi connectivity index (χ4v) is 3.47. The van der Waals surface area contributed by atoms with E-state index in [1.165, 1.54) is 0 Å². The van der Waals surface area contributed by atoms with Crippen molar-refractivity contribution >= 4 is 27.5 Å². The average molecular weight is 378 g/mol. The number of carbonyl (C=O) groups excluding carboxylic acids is 1.